The Morgan fingerprint density at radius 2 is 1.54 bits per heavy atom. The summed E-state index contributed by atoms with van der Waals surface area (Å²) >= 11 is 0. The second kappa shape index (κ2) is 6.01. The molecule has 0 bridgehead atoms. The first-order valence-corrected chi connectivity index (χ1v) is 5.48. The molecule has 0 rings (SSSR count). The fraction of sp³-hybridized carbons (Fsp3) is 0.909. The highest BCUT2D eigenvalue weighted by Gasteiger charge is 2.22. The molecule has 0 heterocycles. The third kappa shape index (κ3) is 3.79. The van der Waals surface area contributed by atoms with Crippen LogP contribution in [0.15, 0.2) is 4.99 Å². The molecule has 0 atom stereocenters. The monoisotopic (exact) mass is 184 g/mol. The molecule has 0 aliphatic carbocycles. The van der Waals surface area contributed by atoms with Crippen molar-refractivity contribution in [2.75, 3.05) is 0 Å². The second-order valence-corrected chi connectivity index (χ2v) is 3.64. The quantitative estimate of drug-likeness (QED) is 0.500. The molecule has 0 aromatic heterocycles. The van der Waals surface area contributed by atoms with Crippen LogP contribution in [0.1, 0.15) is 59.8 Å². The lowest BCUT2D eigenvalue weighted by atomic mass is 9.90. The van der Waals surface area contributed by atoms with Crippen LogP contribution in [0.5, 0.6) is 0 Å². The zero-order valence-corrected chi connectivity index (χ0v) is 9.56. The molecule has 0 saturated carbocycles. The molecular formula is C11H24N2. The van der Waals surface area contributed by atoms with Gasteiger partial charge in [-0.3, -0.25) is 4.99 Å². The Morgan fingerprint density at radius 3 is 1.85 bits per heavy atom. The van der Waals surface area contributed by atoms with Gasteiger partial charge in [0.15, 0.2) is 0 Å². The van der Waals surface area contributed by atoms with Crippen molar-refractivity contribution in [2.24, 2.45) is 10.7 Å². The predicted molar refractivity (Wildman–Crippen MR) is 60.1 cm³/mol. The summed E-state index contributed by atoms with van der Waals surface area (Å²) in [5, 5.41) is 0. The fourth-order valence-electron chi connectivity index (χ4n) is 1.60. The Hall–Kier alpha value is -0.530. The molecule has 78 valence electrons. The smallest absolute Gasteiger partial charge is 0.0943 e. The first kappa shape index (κ1) is 12.5. The summed E-state index contributed by atoms with van der Waals surface area (Å²) < 4.78 is 0. The van der Waals surface area contributed by atoms with Crippen molar-refractivity contribution in [3.63, 3.8) is 0 Å². The van der Waals surface area contributed by atoms with E-state index in [2.05, 4.69) is 32.7 Å². The van der Waals surface area contributed by atoms with Crippen molar-refractivity contribution in [2.45, 2.75) is 65.3 Å². The molecule has 0 amide bonds. The molecule has 13 heavy (non-hydrogen) atoms. The minimum Gasteiger partial charge on any atom is -0.387 e. The van der Waals surface area contributed by atoms with E-state index in [9.17, 15) is 0 Å². The summed E-state index contributed by atoms with van der Waals surface area (Å²) in [4.78, 5) is 4.65. The average Bonchev–Trinajstić information content (AvgIpc) is 2.15. The maximum absolute atomic E-state index is 5.85. The summed E-state index contributed by atoms with van der Waals surface area (Å²) in [6.07, 6.45) is 5.28. The largest absolute Gasteiger partial charge is 0.387 e. The van der Waals surface area contributed by atoms with Crippen LogP contribution in [0.4, 0.5) is 0 Å². The number of aliphatic imine (C=N–C) groups is 1. The van der Waals surface area contributed by atoms with Gasteiger partial charge in [0, 0.05) is 6.42 Å². The van der Waals surface area contributed by atoms with Gasteiger partial charge in [0.2, 0.25) is 0 Å². The first-order chi connectivity index (χ1) is 6.14. The van der Waals surface area contributed by atoms with Crippen LogP contribution in [0.25, 0.3) is 0 Å². The van der Waals surface area contributed by atoms with Gasteiger partial charge in [0.1, 0.15) is 0 Å². The highest BCUT2D eigenvalue weighted by atomic mass is 14.9. The van der Waals surface area contributed by atoms with E-state index >= 15 is 0 Å². The second-order valence-electron chi connectivity index (χ2n) is 3.64. The van der Waals surface area contributed by atoms with Gasteiger partial charge in [-0.25, -0.2) is 0 Å². The van der Waals surface area contributed by atoms with Crippen molar-refractivity contribution < 1.29 is 0 Å². The SMILES string of the molecule is CCCC(N)=NC(CC)(CC)CC. The van der Waals surface area contributed by atoms with Crippen molar-refractivity contribution >= 4 is 5.84 Å². The Balaban J connectivity index is 4.46. The summed E-state index contributed by atoms with van der Waals surface area (Å²) in [5.74, 6) is 0.827. The Bertz CT molecular complexity index is 149. The van der Waals surface area contributed by atoms with E-state index in [1.807, 2.05) is 0 Å². The van der Waals surface area contributed by atoms with Gasteiger partial charge in [-0.2, -0.15) is 0 Å². The summed E-state index contributed by atoms with van der Waals surface area (Å²) in [7, 11) is 0. The third-order valence-corrected chi connectivity index (χ3v) is 2.86. The van der Waals surface area contributed by atoms with Gasteiger partial charge >= 0.3 is 0 Å². The molecule has 0 saturated heterocycles. The van der Waals surface area contributed by atoms with E-state index in [1.54, 1.807) is 0 Å². The standard InChI is InChI=1S/C11H24N2/c1-5-9-10(12)13-11(6-2,7-3)8-4/h5-9H2,1-4H3,(H2,12,13). The summed E-state index contributed by atoms with van der Waals surface area (Å²) in [6, 6.07) is 0. The maximum atomic E-state index is 5.85. The van der Waals surface area contributed by atoms with Gasteiger partial charge < -0.3 is 5.73 Å². The highest BCUT2D eigenvalue weighted by molar-refractivity contribution is 5.80. The number of rotatable bonds is 6. The Morgan fingerprint density at radius 1 is 1.08 bits per heavy atom. The lowest BCUT2D eigenvalue weighted by molar-refractivity contribution is 0.385. The number of amidine groups is 1. The van der Waals surface area contributed by atoms with Gasteiger partial charge in [-0.1, -0.05) is 27.7 Å². The average molecular weight is 184 g/mol. The van der Waals surface area contributed by atoms with Crippen molar-refractivity contribution in [1.82, 2.24) is 0 Å². The topological polar surface area (TPSA) is 38.4 Å². The van der Waals surface area contributed by atoms with Crippen LogP contribution < -0.4 is 5.73 Å². The minimum atomic E-state index is 0.110. The van der Waals surface area contributed by atoms with E-state index < -0.39 is 0 Å². The number of nitrogens with zero attached hydrogens (tertiary/aromatic N) is 1. The van der Waals surface area contributed by atoms with Crippen LogP contribution in [0.2, 0.25) is 0 Å². The summed E-state index contributed by atoms with van der Waals surface area (Å²) in [5.41, 5.74) is 5.96. The maximum Gasteiger partial charge on any atom is 0.0943 e. The molecule has 0 aliphatic heterocycles. The molecule has 2 heteroatoms. The van der Waals surface area contributed by atoms with Gasteiger partial charge in [0.25, 0.3) is 0 Å². The zero-order valence-electron chi connectivity index (χ0n) is 9.56. The van der Waals surface area contributed by atoms with E-state index in [0.717, 1.165) is 37.9 Å². The van der Waals surface area contributed by atoms with Crippen LogP contribution in [-0.2, 0) is 0 Å². The molecule has 0 radical (unpaired) electrons. The highest BCUT2D eigenvalue weighted by Crippen LogP contribution is 2.24. The lowest BCUT2D eigenvalue weighted by Crippen LogP contribution is -2.28. The number of hydrogen-bond acceptors (Lipinski definition) is 1. The molecule has 0 fully saturated rings. The minimum absolute atomic E-state index is 0.110. The molecule has 2 N–H and O–H groups in total. The number of hydrogen-bond donors (Lipinski definition) is 1. The third-order valence-electron chi connectivity index (χ3n) is 2.86. The van der Waals surface area contributed by atoms with Gasteiger partial charge in [-0.15, -0.1) is 0 Å². The normalized spacial score (nSPS) is 13.4. The van der Waals surface area contributed by atoms with E-state index in [0.29, 0.717) is 0 Å². The zero-order chi connectivity index (χ0) is 10.3. The summed E-state index contributed by atoms with van der Waals surface area (Å²) in [6.45, 7) is 8.70. The van der Waals surface area contributed by atoms with Crippen molar-refractivity contribution in [3.05, 3.63) is 0 Å². The first-order valence-electron chi connectivity index (χ1n) is 5.48. The molecule has 0 spiro atoms. The molecule has 0 aromatic rings. The van der Waals surface area contributed by atoms with Crippen LogP contribution in [0, 0.1) is 0 Å². The Labute approximate surface area is 82.6 Å². The van der Waals surface area contributed by atoms with E-state index in [4.69, 9.17) is 5.73 Å². The van der Waals surface area contributed by atoms with Gasteiger partial charge in [0.05, 0.1) is 11.4 Å². The lowest BCUT2D eigenvalue weighted by Gasteiger charge is -2.26. The molecule has 0 aliphatic rings. The number of nitrogens with two attached hydrogens (primary N) is 1. The van der Waals surface area contributed by atoms with Gasteiger partial charge in [-0.05, 0) is 25.7 Å². The molecule has 0 unspecified atom stereocenters. The fourth-order valence-corrected chi connectivity index (χ4v) is 1.60. The van der Waals surface area contributed by atoms with Crippen LogP contribution in [-0.4, -0.2) is 11.4 Å². The Kier molecular flexibility index (Phi) is 5.76. The van der Waals surface area contributed by atoms with Crippen LogP contribution >= 0.6 is 0 Å². The van der Waals surface area contributed by atoms with E-state index in [-0.39, 0.29) is 5.54 Å². The van der Waals surface area contributed by atoms with E-state index in [1.165, 1.54) is 0 Å². The van der Waals surface area contributed by atoms with Crippen molar-refractivity contribution in [1.29, 1.82) is 0 Å². The molecule has 0 aromatic carbocycles. The van der Waals surface area contributed by atoms with Crippen LogP contribution in [0.3, 0.4) is 0 Å². The molecule has 2 nitrogen and oxygen atoms in total. The molecular weight excluding hydrogens is 160 g/mol. The van der Waals surface area contributed by atoms with Crippen molar-refractivity contribution in [3.8, 4) is 0 Å². The predicted octanol–water partition coefficient (Wildman–Crippen LogP) is 3.11.